The number of hydrogen-bond donors (Lipinski definition) is 0. The quantitative estimate of drug-likeness (QED) is 0.235. The van der Waals surface area contributed by atoms with Crippen LogP contribution >= 0.6 is 0 Å². The van der Waals surface area contributed by atoms with E-state index in [2.05, 4.69) is 101 Å². The number of rotatable bonds is 6. The fourth-order valence-electron chi connectivity index (χ4n) is 8.39. The zero-order valence-corrected chi connectivity index (χ0v) is 29.7. The molecule has 0 radical (unpaired) electrons. The van der Waals surface area contributed by atoms with Crippen molar-refractivity contribution in [2.24, 2.45) is 34.5 Å². The highest BCUT2D eigenvalue weighted by molar-refractivity contribution is 6.74. The SMILES string of the molecule is CC(C=O)[C@H]1CC[C@H]2C3=CC=C4CC(O[Si](C)(C)C(C)(C)C)CC(O[Si](C)(C)C(C)(C)C)[C@]4(C)[C@H]3CC[C@]12C. The van der Waals surface area contributed by atoms with E-state index in [1.165, 1.54) is 32.0 Å². The molecule has 222 valence electrons. The van der Waals surface area contributed by atoms with Crippen LogP contribution in [-0.2, 0) is 13.6 Å². The van der Waals surface area contributed by atoms with Gasteiger partial charge in [-0.05, 0) is 98.0 Å². The van der Waals surface area contributed by atoms with Gasteiger partial charge in [0, 0.05) is 11.3 Å². The summed E-state index contributed by atoms with van der Waals surface area (Å²) >= 11 is 0. The van der Waals surface area contributed by atoms with Crippen molar-refractivity contribution in [2.45, 2.75) is 149 Å². The van der Waals surface area contributed by atoms with Crippen molar-refractivity contribution in [1.82, 2.24) is 0 Å². The predicted molar refractivity (Wildman–Crippen MR) is 170 cm³/mol. The van der Waals surface area contributed by atoms with Crippen molar-refractivity contribution in [3.05, 3.63) is 23.3 Å². The Kier molecular flexibility index (Phi) is 8.10. The minimum Gasteiger partial charge on any atom is -0.414 e. The van der Waals surface area contributed by atoms with E-state index in [9.17, 15) is 4.79 Å². The van der Waals surface area contributed by atoms with Gasteiger partial charge in [-0.15, -0.1) is 0 Å². The molecule has 39 heavy (non-hydrogen) atoms. The first-order valence-electron chi connectivity index (χ1n) is 15.9. The van der Waals surface area contributed by atoms with Crippen LogP contribution in [0, 0.1) is 34.5 Å². The van der Waals surface area contributed by atoms with Gasteiger partial charge in [0.15, 0.2) is 16.6 Å². The van der Waals surface area contributed by atoms with E-state index in [1.54, 1.807) is 11.1 Å². The van der Waals surface area contributed by atoms with Crippen LogP contribution in [0.4, 0.5) is 0 Å². The van der Waals surface area contributed by atoms with Crippen molar-refractivity contribution in [3.63, 3.8) is 0 Å². The van der Waals surface area contributed by atoms with Crippen LogP contribution in [0.25, 0.3) is 0 Å². The minimum absolute atomic E-state index is 0.0165. The van der Waals surface area contributed by atoms with Gasteiger partial charge in [0.25, 0.3) is 0 Å². The molecule has 0 N–H and O–H groups in total. The van der Waals surface area contributed by atoms with Crippen LogP contribution in [0.15, 0.2) is 23.3 Å². The molecule has 3 saturated carbocycles. The summed E-state index contributed by atoms with van der Waals surface area (Å²) in [5, 5.41) is 0.367. The van der Waals surface area contributed by atoms with Gasteiger partial charge in [-0.25, -0.2) is 0 Å². The number of carbonyl (C=O) groups excluding carboxylic acids is 1. The van der Waals surface area contributed by atoms with Crippen molar-refractivity contribution < 1.29 is 13.6 Å². The molecule has 0 saturated heterocycles. The van der Waals surface area contributed by atoms with Gasteiger partial charge < -0.3 is 13.6 Å². The standard InChI is InChI=1S/C34H60O3Si2/c1-23(22-35)27-16-17-28-26-15-14-24-20-25(36-38(10,11)31(2,3)4)21-30(37-39(12,13)32(5,6)7)34(24,9)29(26)18-19-33(27,28)8/h14-15,22-23,25,27-30H,16-21H2,1-13H3/t23?,25?,27-,28+,29+,30?,33-,34+/m1/s1. The molecule has 0 aromatic carbocycles. The third-order valence-corrected chi connectivity index (χ3v) is 22.1. The van der Waals surface area contributed by atoms with E-state index in [1.807, 2.05) is 0 Å². The number of carbonyl (C=O) groups is 1. The molecule has 0 aliphatic heterocycles. The van der Waals surface area contributed by atoms with E-state index in [0.29, 0.717) is 17.8 Å². The van der Waals surface area contributed by atoms with E-state index >= 15 is 0 Å². The molecule has 0 heterocycles. The summed E-state index contributed by atoms with van der Waals surface area (Å²) in [5.41, 5.74) is 3.49. The maximum absolute atomic E-state index is 11.8. The zero-order chi connectivity index (χ0) is 29.4. The second-order valence-electron chi connectivity index (χ2n) is 17.3. The van der Waals surface area contributed by atoms with Gasteiger partial charge in [-0.2, -0.15) is 0 Å². The summed E-state index contributed by atoms with van der Waals surface area (Å²) in [6.07, 6.45) is 13.5. The molecule has 0 aromatic heterocycles. The second kappa shape index (κ2) is 10.1. The third kappa shape index (κ3) is 5.18. The lowest BCUT2D eigenvalue weighted by atomic mass is 9.49. The molecule has 3 unspecified atom stereocenters. The third-order valence-electron chi connectivity index (χ3n) is 13.0. The highest BCUT2D eigenvalue weighted by Gasteiger charge is 2.60. The highest BCUT2D eigenvalue weighted by Crippen LogP contribution is 2.66. The van der Waals surface area contributed by atoms with Crippen LogP contribution in [0.2, 0.25) is 36.3 Å². The molecule has 5 heteroatoms. The normalized spacial score (nSPS) is 38.2. The van der Waals surface area contributed by atoms with E-state index in [4.69, 9.17) is 8.85 Å². The van der Waals surface area contributed by atoms with E-state index < -0.39 is 16.6 Å². The first-order chi connectivity index (χ1) is 17.7. The Hall–Kier alpha value is -0.496. The lowest BCUT2D eigenvalue weighted by Crippen LogP contribution is -2.58. The summed E-state index contributed by atoms with van der Waals surface area (Å²) in [5.74, 6) is 1.78. The molecule has 8 atom stereocenters. The Morgan fingerprint density at radius 1 is 0.897 bits per heavy atom. The van der Waals surface area contributed by atoms with Crippen LogP contribution in [0.5, 0.6) is 0 Å². The Labute approximate surface area is 243 Å². The van der Waals surface area contributed by atoms with Crippen molar-refractivity contribution >= 4 is 22.9 Å². The monoisotopic (exact) mass is 572 g/mol. The molecule has 3 fully saturated rings. The molecule has 0 aromatic rings. The Morgan fingerprint density at radius 3 is 2.05 bits per heavy atom. The maximum atomic E-state index is 11.8. The molecule has 0 spiro atoms. The zero-order valence-electron chi connectivity index (χ0n) is 27.7. The summed E-state index contributed by atoms with van der Waals surface area (Å²) < 4.78 is 14.6. The van der Waals surface area contributed by atoms with Gasteiger partial charge in [0.05, 0.1) is 12.2 Å². The van der Waals surface area contributed by atoms with Gasteiger partial charge in [-0.1, -0.05) is 85.6 Å². The fraction of sp³-hybridized carbons (Fsp3) is 0.853. The van der Waals surface area contributed by atoms with Gasteiger partial charge >= 0.3 is 0 Å². The lowest BCUT2D eigenvalue weighted by Gasteiger charge is -2.59. The Morgan fingerprint density at radius 2 is 1.49 bits per heavy atom. The van der Waals surface area contributed by atoms with Crippen LogP contribution in [0.3, 0.4) is 0 Å². The van der Waals surface area contributed by atoms with Gasteiger partial charge in [0.1, 0.15) is 6.29 Å². The molecule has 4 aliphatic carbocycles. The number of aldehydes is 1. The summed E-state index contributed by atoms with van der Waals surface area (Å²) in [4.78, 5) is 11.8. The van der Waals surface area contributed by atoms with E-state index in [0.717, 1.165) is 12.8 Å². The Balaban J connectivity index is 1.74. The first-order valence-corrected chi connectivity index (χ1v) is 21.7. The van der Waals surface area contributed by atoms with Crippen LogP contribution < -0.4 is 0 Å². The molecule has 4 aliphatic rings. The Bertz CT molecular complexity index is 1010. The molecule has 4 rings (SSSR count). The summed E-state index contributed by atoms with van der Waals surface area (Å²) in [7, 11) is -3.90. The number of fused-ring (bicyclic) bond motifs is 5. The maximum Gasteiger partial charge on any atom is 0.192 e. The average Bonchev–Trinajstić information content (AvgIpc) is 3.14. The topological polar surface area (TPSA) is 35.5 Å². The van der Waals surface area contributed by atoms with Gasteiger partial charge in [-0.3, -0.25) is 0 Å². The molecular formula is C34H60O3Si2. The molecular weight excluding hydrogens is 513 g/mol. The predicted octanol–water partition coefficient (Wildman–Crippen LogP) is 9.71. The van der Waals surface area contributed by atoms with Crippen LogP contribution in [0.1, 0.15) is 101 Å². The van der Waals surface area contributed by atoms with Crippen molar-refractivity contribution in [3.8, 4) is 0 Å². The summed E-state index contributed by atoms with van der Waals surface area (Å²) in [6.45, 7) is 31.0. The minimum atomic E-state index is -2.00. The summed E-state index contributed by atoms with van der Waals surface area (Å²) in [6, 6.07) is 0. The van der Waals surface area contributed by atoms with Crippen molar-refractivity contribution in [2.75, 3.05) is 0 Å². The van der Waals surface area contributed by atoms with Crippen LogP contribution in [-0.4, -0.2) is 35.1 Å². The molecule has 3 nitrogen and oxygen atoms in total. The largest absolute Gasteiger partial charge is 0.414 e. The molecule has 0 bridgehead atoms. The average molecular weight is 573 g/mol. The second-order valence-corrected chi connectivity index (χ2v) is 26.8. The van der Waals surface area contributed by atoms with E-state index in [-0.39, 0.29) is 39.0 Å². The molecule has 0 amide bonds. The number of allylic oxidation sites excluding steroid dienone is 3. The first kappa shape index (κ1) is 31.4. The van der Waals surface area contributed by atoms with Gasteiger partial charge in [0.2, 0.25) is 0 Å². The number of hydrogen-bond acceptors (Lipinski definition) is 3. The fourth-order valence-corrected chi connectivity index (χ4v) is 11.2. The lowest BCUT2D eigenvalue weighted by molar-refractivity contribution is -0.113. The smallest absolute Gasteiger partial charge is 0.192 e. The van der Waals surface area contributed by atoms with Crippen molar-refractivity contribution in [1.29, 1.82) is 0 Å². The highest BCUT2D eigenvalue weighted by atomic mass is 28.4.